The predicted octanol–water partition coefficient (Wildman–Crippen LogP) is 2.74. The number of methoxy groups -OCH3 is 1. The minimum atomic E-state index is 0.575. The Bertz CT molecular complexity index is 448. The van der Waals surface area contributed by atoms with Crippen LogP contribution in [-0.4, -0.2) is 7.11 Å². The molecule has 0 bridgehead atoms. The fraction of sp³-hybridized carbons (Fsp3) is 0.200. The van der Waals surface area contributed by atoms with Crippen LogP contribution in [0.2, 0.25) is 0 Å². The van der Waals surface area contributed by atoms with Gasteiger partial charge in [-0.25, -0.2) is 0 Å². The van der Waals surface area contributed by atoms with Crippen molar-refractivity contribution in [2.24, 2.45) is 5.73 Å². The zero-order chi connectivity index (χ0) is 12.1. The summed E-state index contributed by atoms with van der Waals surface area (Å²) in [5.41, 5.74) is 9.39. The highest BCUT2D eigenvalue weighted by molar-refractivity contribution is 5.39. The second-order valence-electron chi connectivity index (χ2n) is 3.96. The van der Waals surface area contributed by atoms with E-state index in [1.54, 1.807) is 7.11 Å². The summed E-state index contributed by atoms with van der Waals surface area (Å²) in [6.07, 6.45) is 0.859. The lowest BCUT2D eigenvalue weighted by Crippen LogP contribution is -2.02. The summed E-state index contributed by atoms with van der Waals surface area (Å²) < 4.78 is 5.36. The van der Waals surface area contributed by atoms with Gasteiger partial charge in [0.1, 0.15) is 5.75 Å². The monoisotopic (exact) mass is 227 g/mol. The summed E-state index contributed by atoms with van der Waals surface area (Å²) in [7, 11) is 1.70. The molecule has 0 amide bonds. The quantitative estimate of drug-likeness (QED) is 0.871. The van der Waals surface area contributed by atoms with Crippen molar-refractivity contribution in [3.8, 4) is 5.75 Å². The van der Waals surface area contributed by atoms with Gasteiger partial charge in [-0.05, 0) is 22.8 Å². The van der Waals surface area contributed by atoms with Crippen molar-refractivity contribution >= 4 is 0 Å². The average Bonchev–Trinajstić information content (AvgIpc) is 2.40. The molecular weight excluding hydrogens is 210 g/mol. The number of rotatable bonds is 4. The fourth-order valence-electron chi connectivity index (χ4n) is 1.98. The number of hydrogen-bond donors (Lipinski definition) is 1. The molecule has 0 fully saturated rings. The summed E-state index contributed by atoms with van der Waals surface area (Å²) in [6, 6.07) is 16.4. The standard InChI is InChI=1S/C15H17NO/c1-17-15-9-5-4-7-13(15)10-12-6-2-3-8-14(12)11-16/h2-9H,10-11,16H2,1H3. The zero-order valence-corrected chi connectivity index (χ0v) is 10.0. The summed E-state index contributed by atoms with van der Waals surface area (Å²) in [5.74, 6) is 0.930. The Balaban J connectivity index is 2.31. The van der Waals surface area contributed by atoms with E-state index in [4.69, 9.17) is 10.5 Å². The van der Waals surface area contributed by atoms with Crippen molar-refractivity contribution in [1.82, 2.24) is 0 Å². The molecule has 0 saturated carbocycles. The second-order valence-corrected chi connectivity index (χ2v) is 3.96. The molecule has 2 nitrogen and oxygen atoms in total. The average molecular weight is 227 g/mol. The van der Waals surface area contributed by atoms with E-state index >= 15 is 0 Å². The van der Waals surface area contributed by atoms with E-state index in [2.05, 4.69) is 18.2 Å². The van der Waals surface area contributed by atoms with Crippen molar-refractivity contribution in [3.05, 3.63) is 65.2 Å². The molecule has 2 aromatic carbocycles. The molecule has 2 rings (SSSR count). The van der Waals surface area contributed by atoms with E-state index in [9.17, 15) is 0 Å². The molecular formula is C15H17NO. The maximum absolute atomic E-state index is 5.74. The molecule has 2 heteroatoms. The lowest BCUT2D eigenvalue weighted by Gasteiger charge is -2.10. The van der Waals surface area contributed by atoms with Gasteiger partial charge in [-0.2, -0.15) is 0 Å². The first kappa shape index (κ1) is 11.7. The molecule has 88 valence electrons. The van der Waals surface area contributed by atoms with E-state index in [1.165, 1.54) is 16.7 Å². The van der Waals surface area contributed by atoms with Crippen LogP contribution in [0.1, 0.15) is 16.7 Å². The predicted molar refractivity (Wildman–Crippen MR) is 70.1 cm³/mol. The molecule has 17 heavy (non-hydrogen) atoms. The summed E-state index contributed by atoms with van der Waals surface area (Å²) >= 11 is 0. The second kappa shape index (κ2) is 5.51. The lowest BCUT2D eigenvalue weighted by molar-refractivity contribution is 0.410. The highest BCUT2D eigenvalue weighted by Crippen LogP contribution is 2.22. The van der Waals surface area contributed by atoms with Gasteiger partial charge in [-0.1, -0.05) is 42.5 Å². The molecule has 0 saturated heterocycles. The third-order valence-electron chi connectivity index (χ3n) is 2.91. The van der Waals surface area contributed by atoms with Crippen LogP contribution < -0.4 is 10.5 Å². The fourth-order valence-corrected chi connectivity index (χ4v) is 1.98. The molecule has 0 aliphatic carbocycles. The Hall–Kier alpha value is -1.80. The number of benzene rings is 2. The third-order valence-corrected chi connectivity index (χ3v) is 2.91. The third kappa shape index (κ3) is 2.66. The molecule has 0 spiro atoms. The van der Waals surface area contributed by atoms with E-state index in [0.29, 0.717) is 6.54 Å². The Morgan fingerprint density at radius 3 is 2.12 bits per heavy atom. The van der Waals surface area contributed by atoms with Gasteiger partial charge in [-0.3, -0.25) is 0 Å². The van der Waals surface area contributed by atoms with Crippen LogP contribution in [0.5, 0.6) is 5.75 Å². The molecule has 0 atom stereocenters. The van der Waals surface area contributed by atoms with Gasteiger partial charge in [0.15, 0.2) is 0 Å². The van der Waals surface area contributed by atoms with E-state index < -0.39 is 0 Å². The molecule has 2 aromatic rings. The molecule has 0 heterocycles. The van der Waals surface area contributed by atoms with Gasteiger partial charge in [-0.15, -0.1) is 0 Å². The van der Waals surface area contributed by atoms with Crippen molar-refractivity contribution < 1.29 is 4.74 Å². The summed E-state index contributed by atoms with van der Waals surface area (Å²) in [5, 5.41) is 0. The van der Waals surface area contributed by atoms with Crippen LogP contribution in [-0.2, 0) is 13.0 Å². The molecule has 2 N–H and O–H groups in total. The van der Waals surface area contributed by atoms with E-state index in [-0.39, 0.29) is 0 Å². The SMILES string of the molecule is COc1ccccc1Cc1ccccc1CN. The van der Waals surface area contributed by atoms with Crippen LogP contribution in [0.25, 0.3) is 0 Å². The largest absolute Gasteiger partial charge is 0.496 e. The van der Waals surface area contributed by atoms with Crippen molar-refractivity contribution in [2.75, 3.05) is 7.11 Å². The van der Waals surface area contributed by atoms with Gasteiger partial charge in [0, 0.05) is 13.0 Å². The van der Waals surface area contributed by atoms with Crippen molar-refractivity contribution in [1.29, 1.82) is 0 Å². The number of para-hydroxylation sites is 1. The highest BCUT2D eigenvalue weighted by atomic mass is 16.5. The molecule has 0 aliphatic rings. The van der Waals surface area contributed by atoms with E-state index in [0.717, 1.165) is 12.2 Å². The molecule has 0 radical (unpaired) electrons. The maximum atomic E-state index is 5.74. The van der Waals surface area contributed by atoms with Crippen molar-refractivity contribution in [3.63, 3.8) is 0 Å². The summed E-state index contributed by atoms with van der Waals surface area (Å²) in [4.78, 5) is 0. The van der Waals surface area contributed by atoms with E-state index in [1.807, 2.05) is 30.3 Å². The number of nitrogens with two attached hydrogens (primary N) is 1. The smallest absolute Gasteiger partial charge is 0.122 e. The van der Waals surface area contributed by atoms with Gasteiger partial charge in [0.05, 0.1) is 7.11 Å². The Labute approximate surface area is 102 Å². The van der Waals surface area contributed by atoms with Crippen LogP contribution in [0, 0.1) is 0 Å². The normalized spacial score (nSPS) is 10.2. The Kier molecular flexibility index (Phi) is 3.78. The first-order valence-corrected chi connectivity index (χ1v) is 5.74. The Morgan fingerprint density at radius 2 is 1.47 bits per heavy atom. The maximum Gasteiger partial charge on any atom is 0.122 e. The topological polar surface area (TPSA) is 35.2 Å². The summed E-state index contributed by atoms with van der Waals surface area (Å²) in [6.45, 7) is 0.575. The first-order valence-electron chi connectivity index (χ1n) is 5.74. The Morgan fingerprint density at radius 1 is 0.882 bits per heavy atom. The minimum Gasteiger partial charge on any atom is -0.496 e. The van der Waals surface area contributed by atoms with Crippen LogP contribution in [0.3, 0.4) is 0 Å². The highest BCUT2D eigenvalue weighted by Gasteiger charge is 2.05. The van der Waals surface area contributed by atoms with Gasteiger partial charge in [0.25, 0.3) is 0 Å². The molecule has 0 aromatic heterocycles. The van der Waals surface area contributed by atoms with Gasteiger partial charge < -0.3 is 10.5 Å². The van der Waals surface area contributed by atoms with Gasteiger partial charge in [0.2, 0.25) is 0 Å². The number of ether oxygens (including phenoxy) is 1. The zero-order valence-electron chi connectivity index (χ0n) is 10.0. The van der Waals surface area contributed by atoms with Crippen molar-refractivity contribution in [2.45, 2.75) is 13.0 Å². The first-order chi connectivity index (χ1) is 8.35. The number of hydrogen-bond acceptors (Lipinski definition) is 2. The molecule has 0 unspecified atom stereocenters. The van der Waals surface area contributed by atoms with Gasteiger partial charge >= 0.3 is 0 Å². The molecule has 0 aliphatic heterocycles. The van der Waals surface area contributed by atoms with Crippen LogP contribution in [0.15, 0.2) is 48.5 Å². The van der Waals surface area contributed by atoms with Crippen LogP contribution >= 0.6 is 0 Å². The lowest BCUT2D eigenvalue weighted by atomic mass is 9.99. The van der Waals surface area contributed by atoms with Crippen LogP contribution in [0.4, 0.5) is 0 Å². The minimum absolute atomic E-state index is 0.575.